The van der Waals surface area contributed by atoms with Crippen LogP contribution in [0.5, 0.6) is 0 Å². The summed E-state index contributed by atoms with van der Waals surface area (Å²) in [6, 6.07) is 8.47. The van der Waals surface area contributed by atoms with Crippen molar-refractivity contribution >= 4 is 32.3 Å². The van der Waals surface area contributed by atoms with Crippen molar-refractivity contribution in [2.45, 2.75) is 0 Å². The number of anilines is 1. The molecule has 9 heteroatoms. The summed E-state index contributed by atoms with van der Waals surface area (Å²) in [6.07, 6.45) is 0.916. The van der Waals surface area contributed by atoms with Crippen LogP contribution < -0.4 is 4.90 Å². The summed E-state index contributed by atoms with van der Waals surface area (Å²) in [5, 5.41) is -0.928. The molecule has 1 aliphatic rings. The van der Waals surface area contributed by atoms with E-state index in [1.807, 2.05) is 0 Å². The highest BCUT2D eigenvalue weighted by atomic mass is 35.5. The van der Waals surface area contributed by atoms with Gasteiger partial charge >= 0.3 is 7.60 Å². The van der Waals surface area contributed by atoms with E-state index in [1.54, 1.807) is 30.3 Å². The molecule has 19 heavy (non-hydrogen) atoms. The third kappa shape index (κ3) is 3.00. The molecule has 0 amide bonds. The first-order chi connectivity index (χ1) is 8.72. The molecule has 1 atom stereocenters. The summed E-state index contributed by atoms with van der Waals surface area (Å²) >= 11 is 5.87. The van der Waals surface area contributed by atoms with Gasteiger partial charge in [0, 0.05) is 17.7 Å². The van der Waals surface area contributed by atoms with Gasteiger partial charge in [0.05, 0.1) is 0 Å². The zero-order chi connectivity index (χ0) is 14.3. The van der Waals surface area contributed by atoms with Crippen LogP contribution in [-0.2, 0) is 9.13 Å². The average molecular weight is 322 g/mol. The molecule has 0 bridgehead atoms. The maximum Gasteiger partial charge on any atom is 0.363 e. The van der Waals surface area contributed by atoms with Crippen LogP contribution in [0.3, 0.4) is 0 Å². The molecule has 102 valence electrons. The van der Waals surface area contributed by atoms with Crippen molar-refractivity contribution in [3.63, 3.8) is 0 Å². The van der Waals surface area contributed by atoms with Gasteiger partial charge in [-0.25, -0.2) is 0 Å². The zero-order valence-electron chi connectivity index (χ0n) is 9.42. The zero-order valence-corrected chi connectivity index (χ0v) is 12.0. The van der Waals surface area contributed by atoms with E-state index in [1.165, 1.54) is 4.90 Å². The van der Waals surface area contributed by atoms with E-state index in [-0.39, 0.29) is 5.16 Å². The molecule has 6 nitrogen and oxygen atoms in total. The van der Waals surface area contributed by atoms with Gasteiger partial charge in [0.25, 0.3) is 7.37 Å². The summed E-state index contributed by atoms with van der Waals surface area (Å²) in [6.45, 7) is 0. The Hall–Kier alpha value is -0.870. The Bertz CT molecular complexity index is 651. The summed E-state index contributed by atoms with van der Waals surface area (Å²) in [4.78, 5) is 29.1. The second-order valence-corrected chi connectivity index (χ2v) is 8.11. The van der Waals surface area contributed by atoms with Crippen LogP contribution in [0, 0.1) is 0 Å². The summed E-state index contributed by atoms with van der Waals surface area (Å²) in [5.41, 5.74) is 0.523. The average Bonchev–Trinajstić information content (AvgIpc) is 2.27. The minimum absolute atomic E-state index is 0.0887. The highest BCUT2D eigenvalue weighted by Gasteiger charge is 2.40. The highest BCUT2D eigenvalue weighted by Crippen LogP contribution is 2.69. The van der Waals surface area contributed by atoms with Gasteiger partial charge in [-0.05, 0) is 12.1 Å². The molecule has 0 radical (unpaired) electrons. The number of para-hydroxylation sites is 1. The largest absolute Gasteiger partial charge is 0.363 e. The van der Waals surface area contributed by atoms with E-state index in [0.29, 0.717) is 5.69 Å². The second-order valence-electron chi connectivity index (χ2n) is 3.81. The molecule has 0 spiro atoms. The third-order valence-corrected chi connectivity index (χ3v) is 6.58. The first-order valence-electron chi connectivity index (χ1n) is 5.05. The monoisotopic (exact) mass is 321 g/mol. The van der Waals surface area contributed by atoms with Crippen molar-refractivity contribution in [2.75, 3.05) is 4.90 Å². The lowest BCUT2D eigenvalue weighted by atomic mass is 10.3. The normalized spacial score (nSPS) is 23.9. The number of hydrogen-bond acceptors (Lipinski definition) is 3. The predicted octanol–water partition coefficient (Wildman–Crippen LogP) is 2.79. The second kappa shape index (κ2) is 4.91. The van der Waals surface area contributed by atoms with Gasteiger partial charge in [0.1, 0.15) is 10.2 Å². The Kier molecular flexibility index (Phi) is 3.76. The van der Waals surface area contributed by atoms with Gasteiger partial charge in [0.15, 0.2) is 0 Å². The third-order valence-electron chi connectivity index (χ3n) is 2.42. The SMILES string of the molecule is O=P(O)(O)C1=CN(c2ccccc2)C(Cl)=CP1(=O)O. The van der Waals surface area contributed by atoms with E-state index in [0.717, 1.165) is 12.0 Å². The lowest BCUT2D eigenvalue weighted by Gasteiger charge is -2.27. The summed E-state index contributed by atoms with van der Waals surface area (Å²) < 4.78 is 23.1. The molecule has 0 saturated heterocycles. The number of benzene rings is 1. The van der Waals surface area contributed by atoms with Crippen LogP contribution >= 0.6 is 26.6 Å². The Morgan fingerprint density at radius 2 is 1.79 bits per heavy atom. The molecule has 0 fully saturated rings. The van der Waals surface area contributed by atoms with E-state index in [4.69, 9.17) is 21.4 Å². The fourth-order valence-corrected chi connectivity index (χ4v) is 4.88. The fourth-order valence-electron chi connectivity index (χ4n) is 1.58. The topological polar surface area (TPSA) is 98.1 Å². The van der Waals surface area contributed by atoms with Crippen molar-refractivity contribution < 1.29 is 23.8 Å². The summed E-state index contributed by atoms with van der Waals surface area (Å²) in [5.74, 6) is 0.760. The number of nitrogens with zero attached hydrogens (tertiary/aromatic N) is 1. The van der Waals surface area contributed by atoms with Crippen LogP contribution in [0.15, 0.2) is 52.6 Å². The molecule has 3 N–H and O–H groups in total. The molecule has 1 aliphatic heterocycles. The molecule has 0 aromatic heterocycles. The van der Waals surface area contributed by atoms with Crippen LogP contribution in [-0.4, -0.2) is 14.7 Å². The molecular formula is C10H10ClNO5P2. The molecule has 1 heterocycles. The van der Waals surface area contributed by atoms with E-state index in [9.17, 15) is 14.0 Å². The maximum absolute atomic E-state index is 11.8. The maximum atomic E-state index is 11.8. The van der Waals surface area contributed by atoms with Gasteiger partial charge in [-0.2, -0.15) is 0 Å². The minimum Gasteiger partial charge on any atom is -0.338 e. The highest BCUT2D eigenvalue weighted by molar-refractivity contribution is 7.81. The molecule has 0 saturated carbocycles. The van der Waals surface area contributed by atoms with Gasteiger partial charge in [-0.15, -0.1) is 0 Å². The fraction of sp³-hybridized carbons (Fsp3) is 0. The smallest absolute Gasteiger partial charge is 0.338 e. The van der Waals surface area contributed by atoms with Gasteiger partial charge in [0.2, 0.25) is 0 Å². The Morgan fingerprint density at radius 3 is 2.32 bits per heavy atom. The van der Waals surface area contributed by atoms with Gasteiger partial charge < -0.3 is 19.6 Å². The quantitative estimate of drug-likeness (QED) is 0.572. The van der Waals surface area contributed by atoms with Crippen molar-refractivity contribution in [3.05, 3.63) is 52.6 Å². The van der Waals surface area contributed by atoms with Crippen LogP contribution in [0.25, 0.3) is 0 Å². The van der Waals surface area contributed by atoms with E-state index in [2.05, 4.69) is 0 Å². The van der Waals surface area contributed by atoms with Gasteiger partial charge in [-0.1, -0.05) is 29.8 Å². The molecule has 0 aliphatic carbocycles. The van der Waals surface area contributed by atoms with E-state index >= 15 is 0 Å². The molecule has 1 aromatic rings. The molecular weight excluding hydrogens is 312 g/mol. The van der Waals surface area contributed by atoms with Crippen molar-refractivity contribution in [2.24, 2.45) is 0 Å². The van der Waals surface area contributed by atoms with Gasteiger partial charge in [-0.3, -0.25) is 9.13 Å². The lowest BCUT2D eigenvalue weighted by Crippen LogP contribution is -2.16. The Balaban J connectivity index is 2.56. The first-order valence-corrected chi connectivity index (χ1v) is 8.77. The predicted molar refractivity (Wildman–Crippen MR) is 72.8 cm³/mol. The molecule has 2 rings (SSSR count). The first kappa shape index (κ1) is 14.5. The minimum atomic E-state index is -4.84. The number of rotatable bonds is 2. The van der Waals surface area contributed by atoms with Crippen molar-refractivity contribution in [1.29, 1.82) is 0 Å². The Labute approximate surface area is 114 Å². The standard InChI is InChI=1S/C10H10ClNO5P2/c11-9-7-18(13,14)10(19(15,16)17)6-12(9)8-4-2-1-3-5-8/h1-7H,(H,13,14)(H2,15,16,17). The number of hydrogen-bond donors (Lipinski definition) is 3. The van der Waals surface area contributed by atoms with Crippen LogP contribution in [0.1, 0.15) is 0 Å². The van der Waals surface area contributed by atoms with Crippen LogP contribution in [0.4, 0.5) is 5.69 Å². The van der Waals surface area contributed by atoms with E-state index < -0.39 is 20.0 Å². The summed E-state index contributed by atoms with van der Waals surface area (Å²) in [7, 11) is -9.11. The molecule has 1 aromatic carbocycles. The van der Waals surface area contributed by atoms with Crippen molar-refractivity contribution in [1.82, 2.24) is 0 Å². The van der Waals surface area contributed by atoms with Crippen molar-refractivity contribution in [3.8, 4) is 0 Å². The number of halogens is 1. The lowest BCUT2D eigenvalue weighted by molar-refractivity contribution is 0.383. The Morgan fingerprint density at radius 1 is 1.21 bits per heavy atom. The molecule has 1 unspecified atom stereocenters. The van der Waals surface area contributed by atoms with Crippen LogP contribution in [0.2, 0.25) is 0 Å².